The molecule has 0 unspecified atom stereocenters. The lowest BCUT2D eigenvalue weighted by atomic mass is 10.2. The second-order valence-corrected chi connectivity index (χ2v) is 7.32. The number of nitrogens with zero attached hydrogens (tertiary/aromatic N) is 4. The fourth-order valence-corrected chi connectivity index (χ4v) is 3.79. The number of aromatic hydroxyl groups is 1. The number of fused-ring (bicyclic) bond motifs is 1. The fraction of sp³-hybridized carbons (Fsp3) is 0.130. The average molecular weight is 415 g/mol. The molecule has 0 aliphatic heterocycles. The largest absolute Gasteiger partial charge is 0.508 e. The van der Waals surface area contributed by atoms with Gasteiger partial charge in [-0.3, -0.25) is 4.79 Å². The highest BCUT2D eigenvalue weighted by Gasteiger charge is 2.27. The van der Waals surface area contributed by atoms with Crippen LogP contribution in [0.2, 0.25) is 0 Å². The number of benzene rings is 2. The van der Waals surface area contributed by atoms with Crippen LogP contribution < -0.4 is 5.32 Å². The number of carbonyl (C=O) groups excluding carboxylic acids is 1. The summed E-state index contributed by atoms with van der Waals surface area (Å²) in [4.78, 5) is 21.5. The van der Waals surface area contributed by atoms with Crippen molar-refractivity contribution in [2.24, 2.45) is 0 Å². The SMILES string of the molecule is O=C(Nc1cnc(-c2cccc(O)c2)nc1)c1nn(-c2ccc(F)cc2)c2c1CCC2. The van der Waals surface area contributed by atoms with Gasteiger partial charge in [-0.05, 0) is 55.7 Å². The molecule has 154 valence electrons. The lowest BCUT2D eigenvalue weighted by molar-refractivity contribution is 0.102. The van der Waals surface area contributed by atoms with Crippen LogP contribution in [0.3, 0.4) is 0 Å². The van der Waals surface area contributed by atoms with Crippen molar-refractivity contribution in [2.75, 3.05) is 5.32 Å². The maximum atomic E-state index is 13.3. The Morgan fingerprint density at radius 3 is 2.58 bits per heavy atom. The first-order valence-electron chi connectivity index (χ1n) is 9.88. The van der Waals surface area contributed by atoms with Gasteiger partial charge in [-0.2, -0.15) is 5.10 Å². The lowest BCUT2D eigenvalue weighted by Crippen LogP contribution is -2.15. The number of amides is 1. The Bertz CT molecular complexity index is 1270. The van der Waals surface area contributed by atoms with Crippen LogP contribution in [0.4, 0.5) is 10.1 Å². The van der Waals surface area contributed by atoms with E-state index in [1.165, 1.54) is 24.5 Å². The number of halogens is 1. The first-order chi connectivity index (χ1) is 15.1. The molecule has 0 atom stereocenters. The molecule has 2 N–H and O–H groups in total. The highest BCUT2D eigenvalue weighted by atomic mass is 19.1. The zero-order valence-electron chi connectivity index (χ0n) is 16.4. The van der Waals surface area contributed by atoms with E-state index in [9.17, 15) is 14.3 Å². The zero-order chi connectivity index (χ0) is 21.4. The van der Waals surface area contributed by atoms with Gasteiger partial charge in [0.15, 0.2) is 11.5 Å². The second kappa shape index (κ2) is 7.64. The minimum atomic E-state index is -0.340. The van der Waals surface area contributed by atoms with Gasteiger partial charge < -0.3 is 10.4 Å². The maximum absolute atomic E-state index is 13.3. The third kappa shape index (κ3) is 3.63. The number of hydrogen-bond acceptors (Lipinski definition) is 5. The van der Waals surface area contributed by atoms with E-state index in [1.807, 2.05) is 0 Å². The summed E-state index contributed by atoms with van der Waals surface area (Å²) in [6.45, 7) is 0. The van der Waals surface area contributed by atoms with Crippen molar-refractivity contribution in [3.8, 4) is 22.8 Å². The van der Waals surface area contributed by atoms with E-state index in [2.05, 4.69) is 20.4 Å². The molecule has 0 saturated heterocycles. The summed E-state index contributed by atoms with van der Waals surface area (Å²) < 4.78 is 15.0. The van der Waals surface area contributed by atoms with Crippen LogP contribution in [0.5, 0.6) is 5.75 Å². The first kappa shape index (κ1) is 18.9. The van der Waals surface area contributed by atoms with Crippen molar-refractivity contribution >= 4 is 11.6 Å². The molecule has 0 bridgehead atoms. The molecule has 1 aliphatic rings. The molecule has 2 heterocycles. The van der Waals surface area contributed by atoms with Gasteiger partial charge in [-0.25, -0.2) is 19.0 Å². The predicted octanol–water partition coefficient (Wildman–Crippen LogP) is 3.92. The molecule has 2 aromatic carbocycles. The third-order valence-corrected chi connectivity index (χ3v) is 5.23. The van der Waals surface area contributed by atoms with E-state index < -0.39 is 0 Å². The Morgan fingerprint density at radius 1 is 1.06 bits per heavy atom. The van der Waals surface area contributed by atoms with Crippen molar-refractivity contribution in [1.29, 1.82) is 0 Å². The summed E-state index contributed by atoms with van der Waals surface area (Å²) >= 11 is 0. The highest BCUT2D eigenvalue weighted by Crippen LogP contribution is 2.28. The van der Waals surface area contributed by atoms with Gasteiger partial charge in [0, 0.05) is 16.8 Å². The molecule has 8 heteroatoms. The number of rotatable bonds is 4. The van der Waals surface area contributed by atoms with Crippen molar-refractivity contribution in [3.63, 3.8) is 0 Å². The number of phenolic OH excluding ortho intramolecular Hbond substituents is 1. The topological polar surface area (TPSA) is 92.9 Å². The van der Waals surface area contributed by atoms with E-state index in [4.69, 9.17) is 0 Å². The quantitative estimate of drug-likeness (QED) is 0.527. The van der Waals surface area contributed by atoms with Gasteiger partial charge in [0.25, 0.3) is 5.91 Å². The van der Waals surface area contributed by atoms with E-state index >= 15 is 0 Å². The number of nitrogens with one attached hydrogen (secondary N) is 1. The Balaban J connectivity index is 1.40. The minimum absolute atomic E-state index is 0.129. The molecule has 0 saturated carbocycles. The van der Waals surface area contributed by atoms with Crippen LogP contribution in [-0.2, 0) is 12.8 Å². The van der Waals surface area contributed by atoms with Crippen molar-refractivity contribution < 1.29 is 14.3 Å². The first-order valence-corrected chi connectivity index (χ1v) is 9.88. The standard InChI is InChI=1S/C23H18FN5O2/c24-15-7-9-17(10-8-15)29-20-6-2-5-19(20)21(28-29)23(31)27-16-12-25-22(26-13-16)14-3-1-4-18(30)11-14/h1,3-4,7-13,30H,2,5-6H2,(H,27,31). The molecule has 4 aromatic rings. The summed E-state index contributed by atoms with van der Waals surface area (Å²) in [5.41, 5.74) is 4.09. The molecule has 2 aromatic heterocycles. The van der Waals surface area contributed by atoms with E-state index in [-0.39, 0.29) is 17.5 Å². The zero-order valence-corrected chi connectivity index (χ0v) is 16.4. The molecule has 0 radical (unpaired) electrons. The molecule has 0 spiro atoms. The highest BCUT2D eigenvalue weighted by molar-refractivity contribution is 6.04. The molecular formula is C23H18FN5O2. The molecule has 0 fully saturated rings. The summed E-state index contributed by atoms with van der Waals surface area (Å²) in [6, 6.07) is 12.7. The Hall–Kier alpha value is -4.07. The summed E-state index contributed by atoms with van der Waals surface area (Å²) in [5.74, 6) is -0.0909. The minimum Gasteiger partial charge on any atom is -0.508 e. The molecule has 31 heavy (non-hydrogen) atoms. The van der Waals surface area contributed by atoms with Gasteiger partial charge >= 0.3 is 0 Å². The summed E-state index contributed by atoms with van der Waals surface area (Å²) in [7, 11) is 0. The number of hydrogen-bond donors (Lipinski definition) is 2. The fourth-order valence-electron chi connectivity index (χ4n) is 3.79. The summed E-state index contributed by atoms with van der Waals surface area (Å²) in [5, 5.41) is 16.9. The number of phenols is 1. The molecule has 1 amide bonds. The van der Waals surface area contributed by atoms with Crippen LogP contribution in [0, 0.1) is 5.82 Å². The van der Waals surface area contributed by atoms with Crippen molar-refractivity contribution in [3.05, 3.63) is 83.7 Å². The maximum Gasteiger partial charge on any atom is 0.276 e. The van der Waals surface area contributed by atoms with Gasteiger partial charge in [0.2, 0.25) is 0 Å². The Kier molecular flexibility index (Phi) is 4.66. The van der Waals surface area contributed by atoms with Crippen LogP contribution >= 0.6 is 0 Å². The summed E-state index contributed by atoms with van der Waals surface area (Å²) in [6.07, 6.45) is 5.56. The lowest BCUT2D eigenvalue weighted by Gasteiger charge is -2.06. The normalized spacial score (nSPS) is 12.5. The second-order valence-electron chi connectivity index (χ2n) is 7.32. The van der Waals surface area contributed by atoms with Crippen molar-refractivity contribution in [2.45, 2.75) is 19.3 Å². The van der Waals surface area contributed by atoms with Gasteiger partial charge in [0.1, 0.15) is 11.6 Å². The monoisotopic (exact) mass is 415 g/mol. The smallest absolute Gasteiger partial charge is 0.276 e. The van der Waals surface area contributed by atoms with Crippen molar-refractivity contribution in [1.82, 2.24) is 19.7 Å². The van der Waals surface area contributed by atoms with Gasteiger partial charge in [-0.1, -0.05) is 12.1 Å². The molecule has 1 aliphatic carbocycles. The van der Waals surface area contributed by atoms with Crippen LogP contribution in [-0.4, -0.2) is 30.8 Å². The van der Waals surface area contributed by atoms with Crippen LogP contribution in [0.1, 0.15) is 28.2 Å². The Labute approximate surface area is 177 Å². The van der Waals surface area contributed by atoms with Crippen LogP contribution in [0.25, 0.3) is 17.1 Å². The van der Waals surface area contributed by atoms with Gasteiger partial charge in [0.05, 0.1) is 23.8 Å². The molecular weight excluding hydrogens is 397 g/mol. The van der Waals surface area contributed by atoms with Crippen LogP contribution in [0.15, 0.2) is 60.9 Å². The predicted molar refractivity (Wildman–Crippen MR) is 113 cm³/mol. The Morgan fingerprint density at radius 2 is 1.84 bits per heavy atom. The van der Waals surface area contributed by atoms with E-state index in [0.717, 1.165) is 36.2 Å². The van der Waals surface area contributed by atoms with Gasteiger partial charge in [-0.15, -0.1) is 0 Å². The van der Waals surface area contributed by atoms with E-state index in [1.54, 1.807) is 41.1 Å². The third-order valence-electron chi connectivity index (χ3n) is 5.23. The number of anilines is 1. The molecule has 7 nitrogen and oxygen atoms in total. The number of aromatic nitrogens is 4. The average Bonchev–Trinajstić information content (AvgIpc) is 3.38. The number of carbonyl (C=O) groups is 1. The van der Waals surface area contributed by atoms with E-state index in [0.29, 0.717) is 22.8 Å². The molecule has 5 rings (SSSR count).